The van der Waals surface area contributed by atoms with E-state index in [1.165, 1.54) is 5.56 Å². The van der Waals surface area contributed by atoms with Gasteiger partial charge in [-0.05, 0) is 37.1 Å². The maximum absolute atomic E-state index is 11.9. The summed E-state index contributed by atoms with van der Waals surface area (Å²) in [7, 11) is 0. The Kier molecular flexibility index (Phi) is 4.57. The summed E-state index contributed by atoms with van der Waals surface area (Å²) in [4.78, 5) is 11.9. The van der Waals surface area contributed by atoms with Crippen molar-refractivity contribution in [3.05, 3.63) is 64.7 Å². The number of aryl methyl sites for hydroxylation is 2. The number of urea groups is 1. The molecule has 2 amide bonds. The number of nitrogens with one attached hydrogen (secondary N) is 2. The van der Waals surface area contributed by atoms with Gasteiger partial charge in [-0.2, -0.15) is 5.26 Å². The van der Waals surface area contributed by atoms with E-state index in [0.29, 0.717) is 17.8 Å². The molecule has 0 aliphatic rings. The number of nitrogens with zero attached hydrogens (tertiary/aromatic N) is 1. The Balaban J connectivity index is 1.98. The quantitative estimate of drug-likeness (QED) is 0.903. The molecular weight excluding hydrogens is 262 g/mol. The minimum atomic E-state index is -0.322. The van der Waals surface area contributed by atoms with Gasteiger partial charge in [0, 0.05) is 6.54 Å². The lowest BCUT2D eigenvalue weighted by atomic mass is 10.1. The highest BCUT2D eigenvalue weighted by molar-refractivity contribution is 5.90. The van der Waals surface area contributed by atoms with Crippen molar-refractivity contribution in [1.82, 2.24) is 5.32 Å². The SMILES string of the molecule is Cc1ccc(CNC(=O)Nc2ccccc2C#N)c(C)c1. The average Bonchev–Trinajstić information content (AvgIpc) is 2.47. The predicted molar refractivity (Wildman–Crippen MR) is 82.9 cm³/mol. The molecule has 0 fully saturated rings. The summed E-state index contributed by atoms with van der Waals surface area (Å²) in [6, 6.07) is 14.7. The van der Waals surface area contributed by atoms with Crippen molar-refractivity contribution in [1.29, 1.82) is 5.26 Å². The summed E-state index contributed by atoms with van der Waals surface area (Å²) in [5.74, 6) is 0. The lowest BCUT2D eigenvalue weighted by Crippen LogP contribution is -2.28. The Morgan fingerprint density at radius 1 is 1.19 bits per heavy atom. The molecule has 0 aliphatic carbocycles. The van der Waals surface area contributed by atoms with E-state index in [1.54, 1.807) is 24.3 Å². The van der Waals surface area contributed by atoms with E-state index < -0.39 is 0 Å². The summed E-state index contributed by atoms with van der Waals surface area (Å²) in [6.45, 7) is 4.51. The lowest BCUT2D eigenvalue weighted by Gasteiger charge is -2.10. The van der Waals surface area contributed by atoms with Crippen molar-refractivity contribution in [3.63, 3.8) is 0 Å². The number of benzene rings is 2. The highest BCUT2D eigenvalue weighted by Gasteiger charge is 2.06. The van der Waals surface area contributed by atoms with E-state index >= 15 is 0 Å². The average molecular weight is 279 g/mol. The van der Waals surface area contributed by atoms with Crippen LogP contribution in [0.3, 0.4) is 0 Å². The third-order valence-corrected chi connectivity index (χ3v) is 3.23. The van der Waals surface area contributed by atoms with Crippen molar-refractivity contribution in [2.45, 2.75) is 20.4 Å². The van der Waals surface area contributed by atoms with Gasteiger partial charge in [-0.15, -0.1) is 0 Å². The Bertz CT molecular complexity index is 701. The summed E-state index contributed by atoms with van der Waals surface area (Å²) < 4.78 is 0. The number of rotatable bonds is 3. The molecular formula is C17H17N3O. The van der Waals surface area contributed by atoms with Crippen LogP contribution in [0.2, 0.25) is 0 Å². The molecule has 4 nitrogen and oxygen atoms in total. The first kappa shape index (κ1) is 14.6. The molecule has 2 aromatic rings. The van der Waals surface area contributed by atoms with Gasteiger partial charge in [0.15, 0.2) is 0 Å². The zero-order chi connectivity index (χ0) is 15.2. The van der Waals surface area contributed by atoms with E-state index in [9.17, 15) is 4.79 Å². The number of hydrogen-bond donors (Lipinski definition) is 2. The number of para-hydroxylation sites is 1. The third-order valence-electron chi connectivity index (χ3n) is 3.23. The van der Waals surface area contributed by atoms with Gasteiger partial charge in [-0.3, -0.25) is 0 Å². The maximum Gasteiger partial charge on any atom is 0.319 e. The summed E-state index contributed by atoms with van der Waals surface area (Å²) in [5.41, 5.74) is 4.37. The van der Waals surface area contributed by atoms with Crippen LogP contribution in [0.5, 0.6) is 0 Å². The topological polar surface area (TPSA) is 64.9 Å². The number of hydrogen-bond acceptors (Lipinski definition) is 2. The van der Waals surface area contributed by atoms with Gasteiger partial charge in [0.25, 0.3) is 0 Å². The molecule has 2 N–H and O–H groups in total. The molecule has 0 spiro atoms. The minimum Gasteiger partial charge on any atom is -0.334 e. The Hall–Kier alpha value is -2.80. The van der Waals surface area contributed by atoms with Gasteiger partial charge in [-0.1, -0.05) is 35.9 Å². The van der Waals surface area contributed by atoms with Crippen LogP contribution < -0.4 is 10.6 Å². The van der Waals surface area contributed by atoms with Crippen LogP contribution in [0.1, 0.15) is 22.3 Å². The molecule has 2 aromatic carbocycles. The van der Waals surface area contributed by atoms with Gasteiger partial charge in [0.05, 0.1) is 11.3 Å². The van der Waals surface area contributed by atoms with E-state index in [0.717, 1.165) is 11.1 Å². The van der Waals surface area contributed by atoms with Gasteiger partial charge in [0.2, 0.25) is 0 Å². The fourth-order valence-corrected chi connectivity index (χ4v) is 2.08. The smallest absolute Gasteiger partial charge is 0.319 e. The van der Waals surface area contributed by atoms with Crippen molar-refractivity contribution in [2.24, 2.45) is 0 Å². The second-order valence-electron chi connectivity index (χ2n) is 4.90. The molecule has 4 heteroatoms. The zero-order valence-electron chi connectivity index (χ0n) is 12.1. The highest BCUT2D eigenvalue weighted by atomic mass is 16.2. The molecule has 0 radical (unpaired) electrons. The number of anilines is 1. The third kappa shape index (κ3) is 3.83. The monoisotopic (exact) mass is 279 g/mol. The molecule has 0 aromatic heterocycles. The van der Waals surface area contributed by atoms with Crippen LogP contribution in [-0.2, 0) is 6.54 Å². The van der Waals surface area contributed by atoms with Crippen LogP contribution in [0.15, 0.2) is 42.5 Å². The van der Waals surface area contributed by atoms with Crippen LogP contribution >= 0.6 is 0 Å². The second kappa shape index (κ2) is 6.58. The molecule has 0 saturated carbocycles. The number of nitriles is 1. The van der Waals surface area contributed by atoms with Crippen LogP contribution in [0.4, 0.5) is 10.5 Å². The van der Waals surface area contributed by atoms with E-state index in [1.807, 2.05) is 32.0 Å². The summed E-state index contributed by atoms with van der Waals surface area (Å²) in [5, 5.41) is 14.5. The predicted octanol–water partition coefficient (Wildman–Crippen LogP) is 3.50. The number of amides is 2. The molecule has 106 valence electrons. The van der Waals surface area contributed by atoms with Gasteiger partial charge in [0.1, 0.15) is 6.07 Å². The second-order valence-corrected chi connectivity index (χ2v) is 4.90. The molecule has 0 saturated heterocycles. The Morgan fingerprint density at radius 3 is 2.67 bits per heavy atom. The standard InChI is InChI=1S/C17H17N3O/c1-12-7-8-15(13(2)9-12)11-19-17(21)20-16-6-4-3-5-14(16)10-18/h3-9H,11H2,1-2H3,(H2,19,20,21). The van der Waals surface area contributed by atoms with Crippen molar-refractivity contribution in [2.75, 3.05) is 5.32 Å². The van der Waals surface area contributed by atoms with Crippen LogP contribution in [0.25, 0.3) is 0 Å². The first-order valence-electron chi connectivity index (χ1n) is 6.70. The van der Waals surface area contributed by atoms with Crippen molar-refractivity contribution in [3.8, 4) is 6.07 Å². The van der Waals surface area contributed by atoms with Crippen molar-refractivity contribution >= 4 is 11.7 Å². The van der Waals surface area contributed by atoms with E-state index in [-0.39, 0.29) is 6.03 Å². The largest absolute Gasteiger partial charge is 0.334 e. The first-order chi connectivity index (χ1) is 10.1. The molecule has 0 unspecified atom stereocenters. The molecule has 0 aliphatic heterocycles. The molecule has 21 heavy (non-hydrogen) atoms. The molecule has 2 rings (SSSR count). The number of carbonyl (C=O) groups is 1. The fourth-order valence-electron chi connectivity index (χ4n) is 2.08. The minimum absolute atomic E-state index is 0.322. The maximum atomic E-state index is 11.9. The van der Waals surface area contributed by atoms with E-state index in [4.69, 9.17) is 5.26 Å². The van der Waals surface area contributed by atoms with E-state index in [2.05, 4.69) is 16.7 Å². The molecule has 0 atom stereocenters. The van der Waals surface area contributed by atoms with Crippen LogP contribution in [-0.4, -0.2) is 6.03 Å². The zero-order valence-corrected chi connectivity index (χ0v) is 12.1. The normalized spacial score (nSPS) is 9.76. The summed E-state index contributed by atoms with van der Waals surface area (Å²) >= 11 is 0. The fraction of sp³-hybridized carbons (Fsp3) is 0.176. The van der Waals surface area contributed by atoms with Crippen LogP contribution in [0, 0.1) is 25.2 Å². The first-order valence-corrected chi connectivity index (χ1v) is 6.70. The van der Waals surface area contributed by atoms with Gasteiger partial charge >= 0.3 is 6.03 Å². The highest BCUT2D eigenvalue weighted by Crippen LogP contribution is 2.13. The summed E-state index contributed by atoms with van der Waals surface area (Å²) in [6.07, 6.45) is 0. The molecule has 0 bridgehead atoms. The lowest BCUT2D eigenvalue weighted by molar-refractivity contribution is 0.251. The Labute approximate surface area is 124 Å². The Morgan fingerprint density at radius 2 is 1.95 bits per heavy atom. The van der Waals surface area contributed by atoms with Gasteiger partial charge < -0.3 is 10.6 Å². The number of carbonyl (C=O) groups excluding carboxylic acids is 1. The van der Waals surface area contributed by atoms with Crippen molar-refractivity contribution < 1.29 is 4.79 Å². The van der Waals surface area contributed by atoms with Gasteiger partial charge in [-0.25, -0.2) is 4.79 Å². The molecule has 0 heterocycles.